The predicted molar refractivity (Wildman–Crippen MR) is 119 cm³/mol. The third-order valence-corrected chi connectivity index (χ3v) is 5.13. The van der Waals surface area contributed by atoms with Crippen molar-refractivity contribution in [3.05, 3.63) is 82.7 Å². The fraction of sp³-hybridized carbons (Fsp3) is 0.240. The van der Waals surface area contributed by atoms with Gasteiger partial charge in [0.25, 0.3) is 0 Å². The quantitative estimate of drug-likeness (QED) is 0.239. The van der Waals surface area contributed by atoms with Gasteiger partial charge in [0.05, 0.1) is 19.1 Å². The summed E-state index contributed by atoms with van der Waals surface area (Å²) < 4.78 is 16.7. The molecule has 5 heteroatoms. The van der Waals surface area contributed by atoms with E-state index in [0.29, 0.717) is 23.3 Å². The van der Waals surface area contributed by atoms with Crippen LogP contribution >= 0.6 is 0 Å². The molecule has 4 rings (SSSR count). The monoisotopic (exact) mass is 403 g/mol. The molecule has 30 heavy (non-hydrogen) atoms. The van der Waals surface area contributed by atoms with Crippen molar-refractivity contribution < 1.29 is 13.9 Å². The van der Waals surface area contributed by atoms with Crippen LogP contribution in [0.5, 0.6) is 11.5 Å². The van der Waals surface area contributed by atoms with Crippen LogP contribution in [0.25, 0.3) is 21.7 Å². The highest BCUT2D eigenvalue weighted by Gasteiger charge is 2.08. The van der Waals surface area contributed by atoms with Crippen LogP contribution in [0.4, 0.5) is 0 Å². The number of rotatable bonds is 8. The zero-order chi connectivity index (χ0) is 20.9. The van der Waals surface area contributed by atoms with Gasteiger partial charge in [0.1, 0.15) is 17.1 Å². The molecule has 0 aliphatic rings. The van der Waals surface area contributed by atoms with Crippen molar-refractivity contribution in [3.8, 4) is 11.5 Å². The van der Waals surface area contributed by atoms with Crippen LogP contribution in [0, 0.1) is 0 Å². The maximum absolute atomic E-state index is 12.2. The molecular formula is C25H25NO4. The van der Waals surface area contributed by atoms with Crippen LogP contribution in [-0.4, -0.2) is 32.2 Å². The van der Waals surface area contributed by atoms with Crippen molar-refractivity contribution in [1.29, 1.82) is 0 Å². The van der Waals surface area contributed by atoms with Gasteiger partial charge in [-0.1, -0.05) is 30.3 Å². The van der Waals surface area contributed by atoms with E-state index in [9.17, 15) is 4.79 Å². The lowest BCUT2D eigenvalue weighted by atomic mass is 10.1. The molecule has 1 heterocycles. The Kier molecular flexibility index (Phi) is 6.00. The average Bonchev–Trinajstić information content (AvgIpc) is 2.77. The van der Waals surface area contributed by atoms with E-state index in [0.717, 1.165) is 36.0 Å². The fourth-order valence-electron chi connectivity index (χ4n) is 3.64. The Balaban J connectivity index is 1.34. The van der Waals surface area contributed by atoms with Gasteiger partial charge in [0.15, 0.2) is 0 Å². The molecule has 0 saturated carbocycles. The molecule has 0 atom stereocenters. The molecule has 0 saturated heterocycles. The molecule has 0 N–H and O–H groups in total. The Labute approximate surface area is 175 Å². The summed E-state index contributed by atoms with van der Waals surface area (Å²) in [6, 6.07) is 21.3. The first-order valence-corrected chi connectivity index (χ1v) is 10.0. The first-order chi connectivity index (χ1) is 14.6. The average molecular weight is 403 g/mol. The smallest absolute Gasteiger partial charge is 0.344 e. The Morgan fingerprint density at radius 1 is 0.900 bits per heavy atom. The molecule has 4 aromatic rings. The van der Waals surface area contributed by atoms with Gasteiger partial charge in [-0.3, -0.25) is 0 Å². The lowest BCUT2D eigenvalue weighted by Crippen LogP contribution is -2.20. The molecule has 0 aliphatic carbocycles. The van der Waals surface area contributed by atoms with Crippen molar-refractivity contribution in [2.75, 3.05) is 27.3 Å². The number of hydrogen-bond acceptors (Lipinski definition) is 5. The van der Waals surface area contributed by atoms with Gasteiger partial charge in [0, 0.05) is 24.5 Å². The van der Waals surface area contributed by atoms with E-state index in [-0.39, 0.29) is 5.63 Å². The number of benzene rings is 3. The summed E-state index contributed by atoms with van der Waals surface area (Å²) in [5, 5.41) is 2.41. The Bertz CT molecular complexity index is 1210. The van der Waals surface area contributed by atoms with E-state index < -0.39 is 0 Å². The van der Waals surface area contributed by atoms with Crippen molar-refractivity contribution in [3.63, 3.8) is 0 Å². The zero-order valence-electron chi connectivity index (χ0n) is 17.3. The molecular weight excluding hydrogens is 378 g/mol. The van der Waals surface area contributed by atoms with Crippen LogP contribution in [0.3, 0.4) is 0 Å². The highest BCUT2D eigenvalue weighted by atomic mass is 16.5. The molecule has 1 aromatic heterocycles. The normalized spacial score (nSPS) is 11.3. The predicted octanol–water partition coefficient (Wildman–Crippen LogP) is 4.86. The number of hydrogen-bond donors (Lipinski definition) is 0. The minimum atomic E-state index is -0.325. The van der Waals surface area contributed by atoms with Gasteiger partial charge >= 0.3 is 5.63 Å². The SMILES string of the molecule is COc1cccc(CN(C)CCCOc2ccc3c(c2)oc(=O)c2ccccc23)c1. The maximum atomic E-state index is 12.2. The maximum Gasteiger partial charge on any atom is 0.344 e. The summed E-state index contributed by atoms with van der Waals surface area (Å²) in [7, 11) is 3.77. The molecule has 5 nitrogen and oxygen atoms in total. The first kappa shape index (κ1) is 20.0. The van der Waals surface area contributed by atoms with Gasteiger partial charge in [-0.05, 0) is 54.8 Å². The molecule has 154 valence electrons. The molecule has 0 aliphatic heterocycles. The molecule has 0 spiro atoms. The second-order valence-corrected chi connectivity index (χ2v) is 7.38. The molecule has 0 unspecified atom stereocenters. The summed E-state index contributed by atoms with van der Waals surface area (Å²) in [6.07, 6.45) is 0.889. The summed E-state index contributed by atoms with van der Waals surface area (Å²) in [5.74, 6) is 1.58. The summed E-state index contributed by atoms with van der Waals surface area (Å²) >= 11 is 0. The van der Waals surface area contributed by atoms with Crippen LogP contribution in [0.1, 0.15) is 12.0 Å². The van der Waals surface area contributed by atoms with E-state index in [1.807, 2.05) is 42.5 Å². The van der Waals surface area contributed by atoms with Crippen LogP contribution in [-0.2, 0) is 6.54 Å². The number of nitrogens with zero attached hydrogens (tertiary/aromatic N) is 1. The van der Waals surface area contributed by atoms with Crippen molar-refractivity contribution >= 4 is 21.7 Å². The van der Waals surface area contributed by atoms with Gasteiger partial charge in [-0.25, -0.2) is 4.79 Å². The molecule has 0 fully saturated rings. The Morgan fingerprint density at radius 3 is 2.57 bits per heavy atom. The highest BCUT2D eigenvalue weighted by molar-refractivity contribution is 6.04. The standard InChI is InChI=1S/C25H25NO4/c1-26(17-18-7-5-8-19(15-18)28-2)13-6-14-29-20-11-12-22-21-9-3-4-10-23(21)25(27)30-24(22)16-20/h3-5,7-12,15-16H,6,13-14,17H2,1-2H3. The topological polar surface area (TPSA) is 51.9 Å². The lowest BCUT2D eigenvalue weighted by Gasteiger charge is -2.17. The van der Waals surface area contributed by atoms with Crippen molar-refractivity contribution in [2.45, 2.75) is 13.0 Å². The van der Waals surface area contributed by atoms with Crippen LogP contribution < -0.4 is 15.1 Å². The van der Waals surface area contributed by atoms with Gasteiger partial charge in [-0.15, -0.1) is 0 Å². The van der Waals surface area contributed by atoms with Crippen LogP contribution in [0.2, 0.25) is 0 Å². The number of fused-ring (bicyclic) bond motifs is 3. The summed E-state index contributed by atoms with van der Waals surface area (Å²) in [4.78, 5) is 14.5. The van der Waals surface area contributed by atoms with E-state index in [1.165, 1.54) is 5.56 Å². The second-order valence-electron chi connectivity index (χ2n) is 7.38. The summed E-state index contributed by atoms with van der Waals surface area (Å²) in [6.45, 7) is 2.35. The minimum absolute atomic E-state index is 0.325. The Morgan fingerprint density at radius 2 is 1.73 bits per heavy atom. The highest BCUT2D eigenvalue weighted by Crippen LogP contribution is 2.26. The van der Waals surface area contributed by atoms with Gasteiger partial charge in [0.2, 0.25) is 0 Å². The Hall–Kier alpha value is -3.31. The molecule has 0 amide bonds. The van der Waals surface area contributed by atoms with Crippen molar-refractivity contribution in [2.24, 2.45) is 0 Å². The first-order valence-electron chi connectivity index (χ1n) is 10.0. The van der Waals surface area contributed by atoms with Crippen LogP contribution in [0.15, 0.2) is 75.9 Å². The van der Waals surface area contributed by atoms with E-state index in [1.54, 1.807) is 19.2 Å². The van der Waals surface area contributed by atoms with Crippen molar-refractivity contribution in [1.82, 2.24) is 4.90 Å². The third kappa shape index (κ3) is 4.47. The lowest BCUT2D eigenvalue weighted by molar-refractivity contribution is 0.258. The van der Waals surface area contributed by atoms with E-state index >= 15 is 0 Å². The fourth-order valence-corrected chi connectivity index (χ4v) is 3.64. The zero-order valence-corrected chi connectivity index (χ0v) is 17.3. The number of methoxy groups -OCH3 is 1. The summed E-state index contributed by atoms with van der Waals surface area (Å²) in [5.41, 5.74) is 1.44. The number of ether oxygens (including phenoxy) is 2. The second kappa shape index (κ2) is 9.01. The molecule has 0 bridgehead atoms. The van der Waals surface area contributed by atoms with E-state index in [4.69, 9.17) is 13.9 Å². The molecule has 0 radical (unpaired) electrons. The molecule has 3 aromatic carbocycles. The van der Waals surface area contributed by atoms with Gasteiger partial charge < -0.3 is 18.8 Å². The third-order valence-electron chi connectivity index (χ3n) is 5.13. The largest absolute Gasteiger partial charge is 0.497 e. The van der Waals surface area contributed by atoms with Gasteiger partial charge in [-0.2, -0.15) is 0 Å². The minimum Gasteiger partial charge on any atom is -0.497 e. The van der Waals surface area contributed by atoms with E-state index in [2.05, 4.69) is 24.1 Å².